The van der Waals surface area contributed by atoms with Gasteiger partial charge in [-0.2, -0.15) is 70.1 Å². The maximum atomic E-state index is 3.56. The molecule has 0 bridgehead atoms. The standard InChI is InChI=1S/4C9H7.2C4H8Si.2ClH.2Hf/c4*1-2-5-9-7-3-6-8(9)4-1;2*1-3-4-5-2;;;;/h4*1-7H;2*3H,1,4H2,2H3;2*1H;;/q4*-1;;;;;;/p-2. The minimum Gasteiger partial charge on any atom is -1.00 e. The predicted molar refractivity (Wildman–Crippen MR) is 211 cm³/mol. The summed E-state index contributed by atoms with van der Waals surface area (Å²) in [6.07, 6.45) is 3.89. The molecule has 0 aliphatic heterocycles. The van der Waals surface area contributed by atoms with E-state index in [0.29, 0.717) is 0 Å². The Morgan fingerprint density at radius 3 is 0.800 bits per heavy atom. The van der Waals surface area contributed by atoms with E-state index in [1.54, 1.807) is 0 Å². The van der Waals surface area contributed by atoms with Gasteiger partial charge in [0.25, 0.3) is 0 Å². The SMILES string of the molecule is C=CC[Si]C.C=CC[Si]C.[Cl-].[Cl-].[Hf].[Hf].c1ccc2[cH-]ccc2c1.c1ccc2[cH-]ccc2c1.c1ccc2[cH-]ccc2c1.c1ccc2[cH-]ccc2c1. The molecule has 4 radical (unpaired) electrons. The van der Waals surface area contributed by atoms with Crippen LogP contribution in [0.4, 0.5) is 0 Å². The van der Waals surface area contributed by atoms with E-state index in [9.17, 15) is 0 Å². The fraction of sp³-hybridized carbons (Fsp3) is 0.0909. The van der Waals surface area contributed by atoms with Crippen LogP contribution < -0.4 is 24.8 Å². The second-order valence-electron chi connectivity index (χ2n) is 10.3. The van der Waals surface area contributed by atoms with Crippen molar-refractivity contribution in [2.75, 3.05) is 0 Å². The van der Waals surface area contributed by atoms with E-state index in [2.05, 4.69) is 196 Å². The molecule has 8 aromatic carbocycles. The number of allylic oxidation sites excluding steroid dienone is 2. The first-order valence-corrected chi connectivity index (χ1v) is 19.0. The van der Waals surface area contributed by atoms with E-state index in [-0.39, 0.29) is 76.5 Å². The van der Waals surface area contributed by atoms with Crippen LogP contribution in [0.25, 0.3) is 43.1 Å². The summed E-state index contributed by atoms with van der Waals surface area (Å²) < 4.78 is 0. The Morgan fingerprint density at radius 1 is 0.420 bits per heavy atom. The predicted octanol–water partition coefficient (Wildman–Crippen LogP) is 6.92. The van der Waals surface area contributed by atoms with Crippen molar-refractivity contribution in [3.05, 3.63) is 195 Å². The quantitative estimate of drug-likeness (QED) is 0.102. The van der Waals surface area contributed by atoms with Crippen LogP contribution in [0.2, 0.25) is 25.2 Å². The molecular weight excluding hydrogens is 1010 g/mol. The van der Waals surface area contributed by atoms with Crippen LogP contribution in [-0.2, 0) is 51.7 Å². The van der Waals surface area contributed by atoms with Gasteiger partial charge in [-0.25, -0.2) is 0 Å². The van der Waals surface area contributed by atoms with Gasteiger partial charge in [0, 0.05) is 70.7 Å². The van der Waals surface area contributed by atoms with Crippen molar-refractivity contribution in [1.82, 2.24) is 0 Å². The summed E-state index contributed by atoms with van der Waals surface area (Å²) in [6, 6.07) is 61.0. The van der Waals surface area contributed by atoms with E-state index >= 15 is 0 Å². The third-order valence-electron chi connectivity index (χ3n) is 6.89. The smallest absolute Gasteiger partial charge is 0.0385 e. The minimum atomic E-state index is 0. The Balaban J connectivity index is 0. The molecule has 256 valence electrons. The van der Waals surface area contributed by atoms with Crippen LogP contribution in [0.5, 0.6) is 0 Å². The van der Waals surface area contributed by atoms with Gasteiger partial charge in [0.15, 0.2) is 0 Å². The van der Waals surface area contributed by atoms with Gasteiger partial charge in [-0.05, 0) is 12.1 Å². The normalized spacial score (nSPS) is 8.84. The van der Waals surface area contributed by atoms with E-state index in [4.69, 9.17) is 0 Å². The topological polar surface area (TPSA) is 0 Å². The van der Waals surface area contributed by atoms with Gasteiger partial charge in [0.1, 0.15) is 0 Å². The zero-order valence-electron chi connectivity index (χ0n) is 28.9. The first-order chi connectivity index (χ1) is 22.7. The number of fused-ring (bicyclic) bond motifs is 4. The zero-order valence-corrected chi connectivity index (χ0v) is 39.6. The molecule has 0 aliphatic rings. The Labute approximate surface area is 355 Å². The number of benzene rings is 4. The second kappa shape index (κ2) is 31.3. The van der Waals surface area contributed by atoms with Crippen molar-refractivity contribution in [2.45, 2.75) is 25.2 Å². The first-order valence-electron chi connectivity index (χ1n) is 15.6. The molecule has 0 saturated carbocycles. The van der Waals surface area contributed by atoms with Crippen molar-refractivity contribution >= 4 is 62.1 Å². The van der Waals surface area contributed by atoms with E-state index in [1.807, 2.05) is 12.2 Å². The fourth-order valence-electron chi connectivity index (χ4n) is 4.57. The van der Waals surface area contributed by atoms with Gasteiger partial charge in [0.2, 0.25) is 0 Å². The van der Waals surface area contributed by atoms with Crippen molar-refractivity contribution < 1.29 is 76.5 Å². The average Bonchev–Trinajstić information content (AvgIpc) is 3.94. The molecule has 0 spiro atoms. The molecule has 6 heteroatoms. The molecule has 8 aromatic rings. The molecular formula is C44H44Cl2Hf2Si2-6. The number of hydrogen-bond acceptors (Lipinski definition) is 0. The molecule has 0 unspecified atom stereocenters. The fourth-order valence-corrected chi connectivity index (χ4v) is 5.15. The molecule has 0 N–H and O–H groups in total. The molecule has 8 rings (SSSR count). The number of hydrogen-bond donors (Lipinski definition) is 0. The number of rotatable bonds is 4. The Morgan fingerprint density at radius 2 is 0.640 bits per heavy atom. The monoisotopic (exact) mass is 1060 g/mol. The zero-order chi connectivity index (χ0) is 32.7. The second-order valence-corrected chi connectivity index (χ2v) is 12.5. The van der Waals surface area contributed by atoms with Crippen LogP contribution >= 0.6 is 0 Å². The minimum absolute atomic E-state index is 0. The van der Waals surface area contributed by atoms with Gasteiger partial charge in [0.05, 0.1) is 0 Å². The molecule has 0 nitrogen and oxygen atoms in total. The first kappa shape index (κ1) is 49.7. The van der Waals surface area contributed by atoms with Gasteiger partial charge >= 0.3 is 0 Å². The van der Waals surface area contributed by atoms with Crippen molar-refractivity contribution in [3.63, 3.8) is 0 Å². The average molecular weight is 1060 g/mol. The third-order valence-corrected chi connectivity index (χ3v) is 8.28. The van der Waals surface area contributed by atoms with Crippen LogP contribution in [0, 0.1) is 0 Å². The summed E-state index contributed by atoms with van der Waals surface area (Å²) in [5, 5.41) is 10.6. The third kappa shape index (κ3) is 18.7. The summed E-state index contributed by atoms with van der Waals surface area (Å²) >= 11 is 0. The summed E-state index contributed by atoms with van der Waals surface area (Å²) in [4.78, 5) is 0. The van der Waals surface area contributed by atoms with Crippen LogP contribution in [-0.4, -0.2) is 19.0 Å². The van der Waals surface area contributed by atoms with Gasteiger partial charge < -0.3 is 24.8 Å². The molecule has 50 heavy (non-hydrogen) atoms. The van der Waals surface area contributed by atoms with Crippen LogP contribution in [0.1, 0.15) is 0 Å². The molecule has 0 atom stereocenters. The molecule has 0 fully saturated rings. The van der Waals surface area contributed by atoms with Crippen molar-refractivity contribution in [3.8, 4) is 0 Å². The van der Waals surface area contributed by atoms with E-state index in [1.165, 1.54) is 55.2 Å². The number of halogens is 2. The van der Waals surface area contributed by atoms with Gasteiger partial charge in [-0.1, -0.05) is 49.5 Å². The maximum absolute atomic E-state index is 3.56. The Bertz CT molecular complexity index is 1550. The Kier molecular flexibility index (Phi) is 31.1. The van der Waals surface area contributed by atoms with Gasteiger partial charge in [-0.3, -0.25) is 0 Å². The van der Waals surface area contributed by atoms with Crippen molar-refractivity contribution in [2.24, 2.45) is 0 Å². The summed E-state index contributed by atoms with van der Waals surface area (Å²) in [5.74, 6) is 0. The molecule has 0 aromatic heterocycles. The van der Waals surface area contributed by atoms with Gasteiger partial charge in [-0.15, -0.1) is 132 Å². The molecule has 0 aliphatic carbocycles. The summed E-state index contributed by atoms with van der Waals surface area (Å²) in [5.41, 5.74) is 0. The van der Waals surface area contributed by atoms with Crippen LogP contribution in [0.15, 0.2) is 195 Å². The van der Waals surface area contributed by atoms with E-state index < -0.39 is 0 Å². The largest absolute Gasteiger partial charge is 1.00 e. The molecule has 0 heterocycles. The summed E-state index contributed by atoms with van der Waals surface area (Å²) in [7, 11) is 2.08. The summed E-state index contributed by atoms with van der Waals surface area (Å²) in [6.45, 7) is 11.5. The van der Waals surface area contributed by atoms with Crippen LogP contribution in [0.3, 0.4) is 0 Å². The van der Waals surface area contributed by atoms with E-state index in [0.717, 1.165) is 19.0 Å². The molecule has 0 amide bonds. The maximum Gasteiger partial charge on any atom is 0.0385 e. The van der Waals surface area contributed by atoms with Crippen molar-refractivity contribution in [1.29, 1.82) is 0 Å². The molecule has 0 saturated heterocycles. The Hall–Kier alpha value is -2.45.